The first-order chi connectivity index (χ1) is 12.9. The SMILES string of the molecule is Cc1csc(SC2=NC3C(C(=O)NC(=O)N3C)N2Cc2ccccc2Cl)n1. The van der Waals surface area contributed by atoms with Crippen LogP contribution in [0.3, 0.4) is 0 Å². The van der Waals surface area contributed by atoms with Gasteiger partial charge in [-0.05, 0) is 30.3 Å². The highest BCUT2D eigenvalue weighted by Crippen LogP contribution is 2.35. The van der Waals surface area contributed by atoms with E-state index >= 15 is 0 Å². The maximum absolute atomic E-state index is 12.6. The maximum atomic E-state index is 12.6. The van der Waals surface area contributed by atoms with Crippen LogP contribution in [0, 0.1) is 6.92 Å². The molecule has 1 fully saturated rings. The van der Waals surface area contributed by atoms with Crippen molar-refractivity contribution in [1.29, 1.82) is 0 Å². The summed E-state index contributed by atoms with van der Waals surface area (Å²) in [5.41, 5.74) is 1.82. The van der Waals surface area contributed by atoms with Gasteiger partial charge in [0.25, 0.3) is 5.91 Å². The number of halogens is 1. The van der Waals surface area contributed by atoms with Gasteiger partial charge in [-0.3, -0.25) is 10.1 Å². The molecule has 0 bridgehead atoms. The molecule has 1 aromatic carbocycles. The zero-order chi connectivity index (χ0) is 19.1. The number of aryl methyl sites for hydroxylation is 1. The summed E-state index contributed by atoms with van der Waals surface area (Å²) < 4.78 is 0.837. The Labute approximate surface area is 169 Å². The first kappa shape index (κ1) is 18.3. The van der Waals surface area contributed by atoms with Crippen molar-refractivity contribution in [3.05, 3.63) is 45.9 Å². The third-order valence-corrected chi connectivity index (χ3v) is 6.85. The Balaban J connectivity index is 1.69. The molecular weight excluding hydrogens is 406 g/mol. The van der Waals surface area contributed by atoms with Gasteiger partial charge in [0.05, 0.1) is 0 Å². The number of carbonyl (C=O) groups excluding carboxylic acids is 2. The number of aliphatic imine (C=N–C) groups is 1. The van der Waals surface area contributed by atoms with Crippen LogP contribution in [0.15, 0.2) is 39.0 Å². The summed E-state index contributed by atoms with van der Waals surface area (Å²) in [5, 5.41) is 5.63. The molecule has 1 aromatic heterocycles. The molecule has 2 aromatic rings. The zero-order valence-electron chi connectivity index (χ0n) is 14.5. The number of hydrogen-bond acceptors (Lipinski definition) is 7. The van der Waals surface area contributed by atoms with Crippen LogP contribution in [-0.4, -0.2) is 51.1 Å². The Hall–Kier alpha value is -2.10. The van der Waals surface area contributed by atoms with Gasteiger partial charge in [-0.15, -0.1) is 11.3 Å². The average molecular weight is 422 g/mol. The maximum Gasteiger partial charge on any atom is 0.325 e. The van der Waals surface area contributed by atoms with Crippen molar-refractivity contribution in [3.63, 3.8) is 0 Å². The lowest BCUT2D eigenvalue weighted by molar-refractivity contribution is -0.127. The minimum Gasteiger partial charge on any atom is -0.331 e. The number of thioether (sulfide) groups is 1. The summed E-state index contributed by atoms with van der Waals surface area (Å²) in [6, 6.07) is 6.45. The molecule has 10 heteroatoms. The molecule has 2 unspecified atom stereocenters. The smallest absolute Gasteiger partial charge is 0.325 e. The molecule has 27 heavy (non-hydrogen) atoms. The number of benzene rings is 1. The summed E-state index contributed by atoms with van der Waals surface area (Å²) >= 11 is 9.25. The molecule has 3 amide bonds. The number of rotatable bonds is 3. The highest BCUT2D eigenvalue weighted by atomic mass is 35.5. The van der Waals surface area contributed by atoms with Gasteiger partial charge in [0.1, 0.15) is 0 Å². The first-order valence-corrected chi connectivity index (χ1v) is 10.3. The van der Waals surface area contributed by atoms with Crippen molar-refractivity contribution in [1.82, 2.24) is 20.1 Å². The van der Waals surface area contributed by atoms with Gasteiger partial charge in [-0.2, -0.15) is 0 Å². The van der Waals surface area contributed by atoms with Gasteiger partial charge >= 0.3 is 6.03 Å². The lowest BCUT2D eigenvalue weighted by Crippen LogP contribution is -2.63. The molecule has 3 heterocycles. The molecule has 0 aliphatic carbocycles. The average Bonchev–Trinajstić information content (AvgIpc) is 3.19. The number of aromatic nitrogens is 1. The van der Waals surface area contributed by atoms with E-state index in [0.29, 0.717) is 16.7 Å². The van der Waals surface area contributed by atoms with E-state index in [4.69, 9.17) is 11.6 Å². The molecule has 0 radical (unpaired) electrons. The number of nitrogens with zero attached hydrogens (tertiary/aromatic N) is 4. The van der Waals surface area contributed by atoms with E-state index in [2.05, 4.69) is 15.3 Å². The summed E-state index contributed by atoms with van der Waals surface area (Å²) in [7, 11) is 1.64. The monoisotopic (exact) mass is 421 g/mol. The molecule has 1 N–H and O–H groups in total. The molecular formula is C17H16ClN5O2S2. The highest BCUT2D eigenvalue weighted by molar-refractivity contribution is 8.15. The van der Waals surface area contributed by atoms with Gasteiger partial charge in [-0.25, -0.2) is 14.8 Å². The minimum atomic E-state index is -0.604. The van der Waals surface area contributed by atoms with E-state index in [0.717, 1.165) is 15.6 Å². The van der Waals surface area contributed by atoms with Crippen molar-refractivity contribution < 1.29 is 9.59 Å². The number of thiazole rings is 1. The van der Waals surface area contributed by atoms with Crippen LogP contribution < -0.4 is 5.32 Å². The van der Waals surface area contributed by atoms with Crippen molar-refractivity contribution >= 4 is 51.8 Å². The normalized spacial score (nSPS) is 22.0. The predicted molar refractivity (Wildman–Crippen MR) is 106 cm³/mol. The van der Waals surface area contributed by atoms with Crippen LogP contribution in [0.2, 0.25) is 5.02 Å². The Kier molecular flexibility index (Phi) is 4.83. The molecule has 1 saturated heterocycles. The summed E-state index contributed by atoms with van der Waals surface area (Å²) in [4.78, 5) is 37.1. The van der Waals surface area contributed by atoms with Crippen LogP contribution >= 0.6 is 34.7 Å². The van der Waals surface area contributed by atoms with Gasteiger partial charge in [0.2, 0.25) is 0 Å². The van der Waals surface area contributed by atoms with Gasteiger partial charge in [-0.1, -0.05) is 29.8 Å². The summed E-state index contributed by atoms with van der Waals surface area (Å²) in [6.07, 6.45) is -0.572. The van der Waals surface area contributed by atoms with Crippen LogP contribution in [0.5, 0.6) is 0 Å². The molecule has 140 valence electrons. The molecule has 4 rings (SSSR count). The fourth-order valence-corrected chi connectivity index (χ4v) is 5.10. The van der Waals surface area contributed by atoms with E-state index in [1.807, 2.05) is 41.5 Å². The number of urea groups is 1. The Bertz CT molecular complexity index is 947. The van der Waals surface area contributed by atoms with Crippen molar-refractivity contribution in [3.8, 4) is 0 Å². The number of imide groups is 1. The number of nitrogens with one attached hydrogen (secondary N) is 1. The number of amidine groups is 1. The second kappa shape index (κ2) is 7.14. The second-order valence-electron chi connectivity index (χ2n) is 6.25. The van der Waals surface area contributed by atoms with Gasteiger partial charge < -0.3 is 9.80 Å². The fraction of sp³-hybridized carbons (Fsp3) is 0.294. The summed E-state index contributed by atoms with van der Waals surface area (Å²) in [5.74, 6) is -0.357. The Morgan fingerprint density at radius 3 is 2.81 bits per heavy atom. The molecule has 2 aliphatic heterocycles. The summed E-state index contributed by atoms with van der Waals surface area (Å²) in [6.45, 7) is 2.34. The van der Waals surface area contributed by atoms with E-state index in [-0.39, 0.29) is 5.91 Å². The Morgan fingerprint density at radius 1 is 1.33 bits per heavy atom. The standard InChI is InChI=1S/C17H16ClN5O2S2/c1-9-8-26-17(19-9)27-16-20-13-12(14(24)21-15(25)22(13)2)23(16)7-10-5-3-4-6-11(10)18/h3-6,8,12-13H,7H2,1-2H3,(H,21,24,25). The molecule has 2 aliphatic rings. The molecule has 2 atom stereocenters. The van der Waals surface area contributed by atoms with Crippen LogP contribution in [-0.2, 0) is 11.3 Å². The number of fused-ring (bicyclic) bond motifs is 1. The molecule has 0 saturated carbocycles. The first-order valence-electron chi connectivity index (χ1n) is 8.19. The zero-order valence-corrected chi connectivity index (χ0v) is 16.9. The van der Waals surface area contributed by atoms with Gasteiger partial charge in [0, 0.05) is 29.7 Å². The third-order valence-electron chi connectivity index (χ3n) is 4.40. The number of likely N-dealkylation sites (N-methyl/N-ethyl adjacent to an activating group) is 1. The largest absolute Gasteiger partial charge is 0.331 e. The number of carbonyl (C=O) groups is 2. The van der Waals surface area contributed by atoms with E-state index in [1.54, 1.807) is 7.05 Å². The van der Waals surface area contributed by atoms with Gasteiger partial charge in [0.15, 0.2) is 21.7 Å². The number of amides is 3. The quantitative estimate of drug-likeness (QED) is 0.824. The van der Waals surface area contributed by atoms with Crippen molar-refractivity contribution in [2.75, 3.05) is 7.05 Å². The lowest BCUT2D eigenvalue weighted by Gasteiger charge is -2.36. The van der Waals surface area contributed by atoms with E-state index < -0.39 is 18.2 Å². The number of hydrogen-bond donors (Lipinski definition) is 1. The topological polar surface area (TPSA) is 77.9 Å². The van der Waals surface area contributed by atoms with Crippen molar-refractivity contribution in [2.24, 2.45) is 4.99 Å². The lowest BCUT2D eigenvalue weighted by atomic mass is 10.1. The van der Waals surface area contributed by atoms with Crippen LogP contribution in [0.4, 0.5) is 4.79 Å². The highest BCUT2D eigenvalue weighted by Gasteiger charge is 2.48. The third kappa shape index (κ3) is 3.42. The van der Waals surface area contributed by atoms with Crippen molar-refractivity contribution in [2.45, 2.75) is 30.0 Å². The van der Waals surface area contributed by atoms with Crippen LogP contribution in [0.25, 0.3) is 0 Å². The Morgan fingerprint density at radius 2 is 2.11 bits per heavy atom. The van der Waals surface area contributed by atoms with Crippen LogP contribution in [0.1, 0.15) is 11.3 Å². The fourth-order valence-electron chi connectivity index (χ4n) is 3.02. The second-order valence-corrected chi connectivity index (χ2v) is 8.73. The predicted octanol–water partition coefficient (Wildman–Crippen LogP) is 2.95. The minimum absolute atomic E-state index is 0.357. The van der Waals surface area contributed by atoms with E-state index in [1.165, 1.54) is 28.0 Å². The molecule has 0 spiro atoms. The van der Waals surface area contributed by atoms with E-state index in [9.17, 15) is 9.59 Å². The molecule has 7 nitrogen and oxygen atoms in total.